The molecule has 0 aliphatic carbocycles. The predicted octanol–water partition coefficient (Wildman–Crippen LogP) is 3.36. The molecule has 1 fully saturated rings. The molecule has 0 saturated carbocycles. The van der Waals surface area contributed by atoms with Gasteiger partial charge in [0, 0.05) is 31.8 Å². The van der Waals surface area contributed by atoms with Gasteiger partial charge in [0.05, 0.1) is 0 Å². The van der Waals surface area contributed by atoms with Crippen molar-refractivity contribution in [3.63, 3.8) is 0 Å². The largest absolute Gasteiger partial charge is 0.454 e. The molecule has 21 heavy (non-hydrogen) atoms. The monoisotopic (exact) mass is 287 g/mol. The van der Waals surface area contributed by atoms with Crippen LogP contribution < -0.4 is 0 Å². The molecule has 0 amide bonds. The van der Waals surface area contributed by atoms with Gasteiger partial charge in [-0.2, -0.15) is 0 Å². The lowest BCUT2D eigenvalue weighted by atomic mass is 9.74. The summed E-state index contributed by atoms with van der Waals surface area (Å²) in [5.74, 6) is 0.115. The molecule has 0 spiro atoms. The Bertz CT molecular complexity index is 485. The molecule has 3 heteroatoms. The van der Waals surface area contributed by atoms with Gasteiger partial charge in [-0.25, -0.2) is 0 Å². The Morgan fingerprint density at radius 3 is 2.81 bits per heavy atom. The summed E-state index contributed by atoms with van der Waals surface area (Å²) in [4.78, 5) is 14.3. The summed E-state index contributed by atoms with van der Waals surface area (Å²) < 4.78 is 6.01. The van der Waals surface area contributed by atoms with Crippen LogP contribution in [0, 0.1) is 5.92 Å². The summed E-state index contributed by atoms with van der Waals surface area (Å²) in [7, 11) is 2.12. The van der Waals surface area contributed by atoms with Crippen LogP contribution in [0.2, 0.25) is 0 Å². The molecular weight excluding hydrogens is 262 g/mol. The van der Waals surface area contributed by atoms with Crippen LogP contribution in [0.15, 0.2) is 43.0 Å². The number of carbonyl (C=O) groups excluding carboxylic acids is 1. The van der Waals surface area contributed by atoms with Crippen molar-refractivity contribution >= 4 is 5.97 Å². The zero-order valence-corrected chi connectivity index (χ0v) is 13.0. The second-order valence-electron chi connectivity index (χ2n) is 5.82. The number of allylic oxidation sites excluding steroid dienone is 1. The summed E-state index contributed by atoms with van der Waals surface area (Å²) in [5.41, 5.74) is 0.585. The maximum absolute atomic E-state index is 12.0. The first-order valence-electron chi connectivity index (χ1n) is 7.69. The van der Waals surface area contributed by atoms with Crippen LogP contribution in [-0.4, -0.2) is 31.0 Å². The average Bonchev–Trinajstić information content (AvgIpc) is 2.51. The van der Waals surface area contributed by atoms with E-state index < -0.39 is 5.60 Å². The summed E-state index contributed by atoms with van der Waals surface area (Å²) in [6.45, 7) is 7.57. The van der Waals surface area contributed by atoms with E-state index in [1.54, 1.807) is 0 Å². The summed E-state index contributed by atoms with van der Waals surface area (Å²) in [5, 5.41) is 0. The van der Waals surface area contributed by atoms with Crippen molar-refractivity contribution in [2.75, 3.05) is 20.1 Å². The number of hydrogen-bond acceptors (Lipinski definition) is 3. The number of benzene rings is 1. The first-order valence-corrected chi connectivity index (χ1v) is 7.69. The maximum Gasteiger partial charge on any atom is 0.306 e. The normalized spacial score (nSPS) is 26.3. The minimum Gasteiger partial charge on any atom is -0.454 e. The molecule has 0 radical (unpaired) electrons. The van der Waals surface area contributed by atoms with Gasteiger partial charge in [0.15, 0.2) is 0 Å². The van der Waals surface area contributed by atoms with Crippen molar-refractivity contribution in [1.82, 2.24) is 4.90 Å². The average molecular weight is 287 g/mol. The molecule has 3 nitrogen and oxygen atoms in total. The number of carbonyl (C=O) groups is 1. The van der Waals surface area contributed by atoms with Gasteiger partial charge < -0.3 is 9.64 Å². The van der Waals surface area contributed by atoms with E-state index in [1.165, 1.54) is 0 Å². The predicted molar refractivity (Wildman–Crippen MR) is 84.9 cm³/mol. The highest BCUT2D eigenvalue weighted by Gasteiger charge is 2.46. The van der Waals surface area contributed by atoms with E-state index in [-0.39, 0.29) is 11.9 Å². The van der Waals surface area contributed by atoms with Gasteiger partial charge in [0.2, 0.25) is 0 Å². The van der Waals surface area contributed by atoms with Crippen LogP contribution >= 0.6 is 0 Å². The van der Waals surface area contributed by atoms with Crippen molar-refractivity contribution in [1.29, 1.82) is 0 Å². The minimum absolute atomic E-state index is 0.127. The van der Waals surface area contributed by atoms with E-state index in [2.05, 4.69) is 30.7 Å². The number of esters is 1. The molecule has 2 atom stereocenters. The number of piperidine rings is 1. The third-order valence-electron chi connectivity index (χ3n) is 4.35. The standard InChI is InChI=1S/C18H25NO2/c1-4-9-16-14-19(3)13-12-18(16,21-17(20)5-2)15-10-7-6-8-11-15/h4,6-8,10-11,16H,1,5,9,12-14H2,2-3H3/t16-,18+/m1/s1. The maximum atomic E-state index is 12.0. The van der Waals surface area contributed by atoms with E-state index >= 15 is 0 Å². The minimum atomic E-state index is -0.519. The highest BCUT2D eigenvalue weighted by atomic mass is 16.6. The lowest BCUT2D eigenvalue weighted by Gasteiger charge is -2.46. The molecular formula is C18H25NO2. The molecule has 2 rings (SSSR count). The number of nitrogens with zero attached hydrogens (tertiary/aromatic N) is 1. The van der Waals surface area contributed by atoms with Crippen molar-refractivity contribution in [2.45, 2.75) is 31.8 Å². The number of rotatable bonds is 5. The Balaban J connectivity index is 2.42. The zero-order chi connectivity index (χ0) is 15.3. The summed E-state index contributed by atoms with van der Waals surface area (Å²) in [6.07, 6.45) is 4.01. The third kappa shape index (κ3) is 3.35. The second kappa shape index (κ2) is 6.90. The van der Waals surface area contributed by atoms with Crippen LogP contribution in [-0.2, 0) is 15.1 Å². The fourth-order valence-electron chi connectivity index (χ4n) is 3.21. The Kier molecular flexibility index (Phi) is 5.18. The molecule has 0 unspecified atom stereocenters. The quantitative estimate of drug-likeness (QED) is 0.614. The third-order valence-corrected chi connectivity index (χ3v) is 4.35. The van der Waals surface area contributed by atoms with E-state index in [0.717, 1.165) is 31.5 Å². The lowest BCUT2D eigenvalue weighted by molar-refractivity contribution is -0.175. The van der Waals surface area contributed by atoms with Gasteiger partial charge in [-0.1, -0.05) is 43.3 Å². The Hall–Kier alpha value is -1.61. The first kappa shape index (κ1) is 15.8. The van der Waals surface area contributed by atoms with Gasteiger partial charge in [0.1, 0.15) is 5.60 Å². The molecule has 1 aliphatic heterocycles. The van der Waals surface area contributed by atoms with E-state index in [1.807, 2.05) is 31.2 Å². The summed E-state index contributed by atoms with van der Waals surface area (Å²) in [6, 6.07) is 10.2. The number of likely N-dealkylation sites (tertiary alicyclic amines) is 1. The molecule has 1 aromatic rings. The SMILES string of the molecule is C=CC[C@@H]1CN(C)CC[C@]1(OC(=O)CC)c1ccccc1. The number of ether oxygens (including phenoxy) is 1. The molecule has 1 aliphatic rings. The van der Waals surface area contributed by atoms with Gasteiger partial charge in [0.25, 0.3) is 0 Å². The molecule has 0 bridgehead atoms. The van der Waals surface area contributed by atoms with Gasteiger partial charge in [-0.3, -0.25) is 4.79 Å². The molecule has 1 aromatic carbocycles. The van der Waals surface area contributed by atoms with E-state index in [0.29, 0.717) is 6.42 Å². The van der Waals surface area contributed by atoms with Crippen LogP contribution in [0.5, 0.6) is 0 Å². The van der Waals surface area contributed by atoms with Crippen molar-refractivity contribution < 1.29 is 9.53 Å². The number of hydrogen-bond donors (Lipinski definition) is 0. The van der Waals surface area contributed by atoms with Crippen LogP contribution in [0.4, 0.5) is 0 Å². The first-order chi connectivity index (χ1) is 10.1. The second-order valence-corrected chi connectivity index (χ2v) is 5.82. The molecule has 1 heterocycles. The Labute approximate surface area is 127 Å². The van der Waals surface area contributed by atoms with Gasteiger partial charge in [-0.15, -0.1) is 6.58 Å². The van der Waals surface area contributed by atoms with Crippen molar-refractivity contribution in [3.8, 4) is 0 Å². The fraction of sp³-hybridized carbons (Fsp3) is 0.500. The van der Waals surface area contributed by atoms with Gasteiger partial charge >= 0.3 is 5.97 Å². The molecule has 114 valence electrons. The van der Waals surface area contributed by atoms with Crippen molar-refractivity contribution in [2.24, 2.45) is 5.92 Å². The Morgan fingerprint density at radius 1 is 1.48 bits per heavy atom. The smallest absolute Gasteiger partial charge is 0.306 e. The highest BCUT2D eigenvalue weighted by molar-refractivity contribution is 5.69. The van der Waals surface area contributed by atoms with Gasteiger partial charge in [-0.05, 0) is 19.0 Å². The Morgan fingerprint density at radius 2 is 2.19 bits per heavy atom. The van der Waals surface area contributed by atoms with Crippen molar-refractivity contribution in [3.05, 3.63) is 48.6 Å². The van der Waals surface area contributed by atoms with Crippen LogP contribution in [0.1, 0.15) is 31.7 Å². The van der Waals surface area contributed by atoms with E-state index in [4.69, 9.17) is 4.74 Å². The molecule has 0 N–H and O–H groups in total. The van der Waals surface area contributed by atoms with Crippen LogP contribution in [0.3, 0.4) is 0 Å². The topological polar surface area (TPSA) is 29.5 Å². The molecule has 1 saturated heterocycles. The molecule has 0 aromatic heterocycles. The van der Waals surface area contributed by atoms with E-state index in [9.17, 15) is 4.79 Å². The summed E-state index contributed by atoms with van der Waals surface area (Å²) >= 11 is 0. The zero-order valence-electron chi connectivity index (χ0n) is 13.0. The fourth-order valence-corrected chi connectivity index (χ4v) is 3.21. The van der Waals surface area contributed by atoms with Crippen LogP contribution in [0.25, 0.3) is 0 Å². The lowest BCUT2D eigenvalue weighted by Crippen LogP contribution is -2.51. The highest BCUT2D eigenvalue weighted by Crippen LogP contribution is 2.42.